The summed E-state index contributed by atoms with van der Waals surface area (Å²) >= 11 is 0. The first kappa shape index (κ1) is 21.3. The Kier molecular flexibility index (Phi) is 6.85. The van der Waals surface area contributed by atoms with Crippen molar-refractivity contribution in [3.05, 3.63) is 0 Å². The number of guanidine groups is 1. The highest BCUT2D eigenvalue weighted by Gasteiger charge is 2.41. The highest BCUT2D eigenvalue weighted by atomic mass is 16.2. The van der Waals surface area contributed by atoms with Crippen molar-refractivity contribution in [3.63, 3.8) is 0 Å². The van der Waals surface area contributed by atoms with Gasteiger partial charge in [0, 0.05) is 32.7 Å². The molecule has 0 bridgehead atoms. The van der Waals surface area contributed by atoms with E-state index in [0.29, 0.717) is 32.1 Å². The van der Waals surface area contributed by atoms with Crippen LogP contribution in [0.15, 0.2) is 4.99 Å². The van der Waals surface area contributed by atoms with E-state index < -0.39 is 5.41 Å². The SMILES string of the molecule is CCNC(=O)C(C)(C)CNC(=NC)N1CC(=O)N(C(C)C)C(C)(C)C1. The second-order valence-corrected chi connectivity index (χ2v) is 8.17. The average Bonchev–Trinajstić information content (AvgIpc) is 2.45. The zero-order chi connectivity index (χ0) is 19.4. The van der Waals surface area contributed by atoms with Crippen LogP contribution in [0.2, 0.25) is 0 Å². The number of hydrogen-bond donors (Lipinski definition) is 2. The van der Waals surface area contributed by atoms with Gasteiger partial charge in [-0.1, -0.05) is 0 Å². The van der Waals surface area contributed by atoms with Gasteiger partial charge in [-0.15, -0.1) is 0 Å². The molecule has 2 N–H and O–H groups in total. The van der Waals surface area contributed by atoms with Crippen LogP contribution < -0.4 is 10.6 Å². The molecule has 0 saturated carbocycles. The summed E-state index contributed by atoms with van der Waals surface area (Å²) in [5, 5.41) is 6.12. The maximum atomic E-state index is 12.6. The third-order valence-electron chi connectivity index (χ3n) is 4.49. The molecular formula is C18H35N5O2. The molecular weight excluding hydrogens is 318 g/mol. The predicted molar refractivity (Wildman–Crippen MR) is 101 cm³/mol. The van der Waals surface area contributed by atoms with Crippen LogP contribution in [0.25, 0.3) is 0 Å². The van der Waals surface area contributed by atoms with E-state index in [1.165, 1.54) is 0 Å². The molecule has 1 heterocycles. The minimum absolute atomic E-state index is 0.000939. The zero-order valence-corrected chi connectivity index (χ0v) is 17.1. The first-order valence-corrected chi connectivity index (χ1v) is 9.02. The van der Waals surface area contributed by atoms with Crippen molar-refractivity contribution in [2.75, 3.05) is 33.2 Å². The maximum absolute atomic E-state index is 12.6. The van der Waals surface area contributed by atoms with Crippen LogP contribution in [0.1, 0.15) is 48.5 Å². The minimum Gasteiger partial charge on any atom is -0.356 e. The van der Waals surface area contributed by atoms with Crippen molar-refractivity contribution >= 4 is 17.8 Å². The average molecular weight is 354 g/mol. The number of nitrogens with zero attached hydrogens (tertiary/aromatic N) is 3. The molecule has 1 saturated heterocycles. The van der Waals surface area contributed by atoms with Gasteiger partial charge in [-0.25, -0.2) is 0 Å². The maximum Gasteiger partial charge on any atom is 0.242 e. The fraction of sp³-hybridized carbons (Fsp3) is 0.833. The molecule has 0 aliphatic carbocycles. The van der Waals surface area contributed by atoms with Crippen LogP contribution in [0.5, 0.6) is 0 Å². The van der Waals surface area contributed by atoms with Gasteiger partial charge >= 0.3 is 0 Å². The molecule has 0 aromatic heterocycles. The lowest BCUT2D eigenvalue weighted by Crippen LogP contribution is -2.66. The molecule has 0 unspecified atom stereocenters. The van der Waals surface area contributed by atoms with Crippen molar-refractivity contribution in [2.45, 2.75) is 60.0 Å². The molecule has 1 aliphatic heterocycles. The standard InChI is InChI=1S/C18H35N5O2/c1-9-20-15(25)17(4,5)11-21-16(19-8)22-10-14(24)23(13(2)3)18(6,7)12-22/h13H,9-12H2,1-8H3,(H,19,21)(H,20,25). The van der Waals surface area contributed by atoms with Crippen LogP contribution in [0, 0.1) is 5.41 Å². The summed E-state index contributed by atoms with van der Waals surface area (Å²) in [5.74, 6) is 0.748. The second kappa shape index (κ2) is 8.06. The smallest absolute Gasteiger partial charge is 0.242 e. The van der Waals surface area contributed by atoms with Crippen molar-refractivity contribution in [3.8, 4) is 0 Å². The molecule has 0 aromatic carbocycles. The van der Waals surface area contributed by atoms with E-state index in [0.717, 1.165) is 0 Å². The molecule has 1 aliphatic rings. The van der Waals surface area contributed by atoms with E-state index in [4.69, 9.17) is 0 Å². The highest BCUT2D eigenvalue weighted by molar-refractivity contribution is 5.89. The largest absolute Gasteiger partial charge is 0.356 e. The molecule has 144 valence electrons. The van der Waals surface area contributed by atoms with Crippen LogP contribution >= 0.6 is 0 Å². The second-order valence-electron chi connectivity index (χ2n) is 8.17. The number of amides is 2. The normalized spacial score (nSPS) is 18.6. The zero-order valence-electron chi connectivity index (χ0n) is 17.1. The molecule has 1 rings (SSSR count). The van der Waals surface area contributed by atoms with Gasteiger partial charge in [0.25, 0.3) is 0 Å². The van der Waals surface area contributed by atoms with Crippen molar-refractivity contribution in [1.82, 2.24) is 20.4 Å². The molecule has 7 nitrogen and oxygen atoms in total. The first-order chi connectivity index (χ1) is 11.5. The summed E-state index contributed by atoms with van der Waals surface area (Å²) in [6, 6.07) is 0.163. The van der Waals surface area contributed by atoms with Crippen LogP contribution in [0.4, 0.5) is 0 Å². The van der Waals surface area contributed by atoms with Gasteiger partial charge in [-0.2, -0.15) is 0 Å². The molecule has 0 aromatic rings. The van der Waals surface area contributed by atoms with E-state index >= 15 is 0 Å². The van der Waals surface area contributed by atoms with Crippen LogP contribution in [0.3, 0.4) is 0 Å². The number of carbonyl (C=O) groups is 2. The number of carbonyl (C=O) groups excluding carboxylic acids is 2. The van der Waals surface area contributed by atoms with E-state index in [9.17, 15) is 9.59 Å². The predicted octanol–water partition coefficient (Wildman–Crippen LogP) is 1.06. The Labute approximate surface area is 152 Å². The summed E-state index contributed by atoms with van der Waals surface area (Å²) in [6.07, 6.45) is 0. The molecule has 7 heteroatoms. The van der Waals surface area contributed by atoms with Crippen LogP contribution in [-0.4, -0.2) is 72.4 Å². The molecule has 0 atom stereocenters. The van der Waals surface area contributed by atoms with Gasteiger partial charge in [-0.3, -0.25) is 14.6 Å². The number of rotatable bonds is 5. The minimum atomic E-state index is -0.564. The highest BCUT2D eigenvalue weighted by Crippen LogP contribution is 2.24. The number of piperazine rings is 1. The lowest BCUT2D eigenvalue weighted by Gasteiger charge is -2.49. The molecule has 25 heavy (non-hydrogen) atoms. The molecule has 2 amide bonds. The van der Waals surface area contributed by atoms with E-state index in [2.05, 4.69) is 29.5 Å². The van der Waals surface area contributed by atoms with Crippen LogP contribution in [-0.2, 0) is 9.59 Å². The summed E-state index contributed by atoms with van der Waals surface area (Å²) in [5.41, 5.74) is -0.846. The summed E-state index contributed by atoms with van der Waals surface area (Å²) in [6.45, 7) is 16.0. The van der Waals surface area contributed by atoms with E-state index in [-0.39, 0.29) is 23.4 Å². The van der Waals surface area contributed by atoms with Crippen molar-refractivity contribution in [2.24, 2.45) is 10.4 Å². The Hall–Kier alpha value is -1.79. The molecule has 0 spiro atoms. The van der Waals surface area contributed by atoms with Gasteiger partial charge in [0.1, 0.15) is 0 Å². The summed E-state index contributed by atoms with van der Waals surface area (Å²) in [4.78, 5) is 33.0. The van der Waals surface area contributed by atoms with Gasteiger partial charge in [0.2, 0.25) is 11.8 Å². The molecule has 0 radical (unpaired) electrons. The van der Waals surface area contributed by atoms with Gasteiger partial charge in [0.15, 0.2) is 5.96 Å². The summed E-state index contributed by atoms with van der Waals surface area (Å²) in [7, 11) is 1.70. The van der Waals surface area contributed by atoms with E-state index in [1.54, 1.807) is 7.05 Å². The van der Waals surface area contributed by atoms with Crippen molar-refractivity contribution in [1.29, 1.82) is 0 Å². The number of hydrogen-bond acceptors (Lipinski definition) is 3. The first-order valence-electron chi connectivity index (χ1n) is 9.02. The summed E-state index contributed by atoms with van der Waals surface area (Å²) < 4.78 is 0. The Morgan fingerprint density at radius 2 is 1.92 bits per heavy atom. The third kappa shape index (κ3) is 5.09. The Bertz CT molecular complexity index is 526. The fourth-order valence-electron chi connectivity index (χ4n) is 3.43. The Morgan fingerprint density at radius 3 is 2.36 bits per heavy atom. The lowest BCUT2D eigenvalue weighted by molar-refractivity contribution is -0.145. The lowest BCUT2D eigenvalue weighted by atomic mass is 9.92. The third-order valence-corrected chi connectivity index (χ3v) is 4.49. The van der Waals surface area contributed by atoms with Gasteiger partial charge < -0.3 is 20.4 Å². The fourth-order valence-corrected chi connectivity index (χ4v) is 3.43. The monoisotopic (exact) mass is 353 g/mol. The molecule has 1 fully saturated rings. The van der Waals surface area contributed by atoms with Gasteiger partial charge in [-0.05, 0) is 48.5 Å². The quantitative estimate of drug-likeness (QED) is 0.572. The van der Waals surface area contributed by atoms with Gasteiger partial charge in [0.05, 0.1) is 17.5 Å². The van der Waals surface area contributed by atoms with Crippen molar-refractivity contribution < 1.29 is 9.59 Å². The number of aliphatic imine (C=N–C) groups is 1. The topological polar surface area (TPSA) is 77.0 Å². The Morgan fingerprint density at radius 1 is 1.32 bits per heavy atom. The number of nitrogens with one attached hydrogen (secondary N) is 2. The Balaban J connectivity index is 2.82. The van der Waals surface area contributed by atoms with E-state index in [1.807, 2.05) is 44.4 Å².